The van der Waals surface area contributed by atoms with Crippen LogP contribution < -0.4 is 19.1 Å². The highest BCUT2D eigenvalue weighted by atomic mass is 35.5. The number of hydrogen-bond acceptors (Lipinski definition) is 6. The van der Waals surface area contributed by atoms with Crippen LogP contribution in [0.15, 0.2) is 65.6 Å². The number of sulfonamides is 1. The molecule has 232 valence electrons. The lowest BCUT2D eigenvalue weighted by Gasteiger charge is -2.33. The van der Waals surface area contributed by atoms with Gasteiger partial charge in [0.15, 0.2) is 11.5 Å². The number of halogens is 2. The molecule has 1 N–H and O–H groups in total. The van der Waals surface area contributed by atoms with Gasteiger partial charge in [0.05, 0.1) is 34.8 Å². The van der Waals surface area contributed by atoms with Crippen LogP contribution in [0.25, 0.3) is 0 Å². The van der Waals surface area contributed by atoms with Crippen LogP contribution in [-0.4, -0.2) is 58.5 Å². The Labute approximate surface area is 263 Å². The van der Waals surface area contributed by atoms with Crippen molar-refractivity contribution in [1.29, 1.82) is 0 Å². The van der Waals surface area contributed by atoms with Gasteiger partial charge in [-0.15, -0.1) is 0 Å². The van der Waals surface area contributed by atoms with E-state index in [1.54, 1.807) is 43.3 Å². The lowest BCUT2D eigenvalue weighted by molar-refractivity contribution is -0.140. The maximum Gasteiger partial charge on any atom is 0.264 e. The molecule has 9 nitrogen and oxygen atoms in total. The van der Waals surface area contributed by atoms with Crippen LogP contribution >= 0.6 is 23.2 Å². The van der Waals surface area contributed by atoms with Crippen LogP contribution in [0.2, 0.25) is 10.0 Å². The van der Waals surface area contributed by atoms with Crippen molar-refractivity contribution < 1.29 is 27.5 Å². The average molecular weight is 651 g/mol. The molecular formula is C31H37Cl2N3O6S. The second kappa shape index (κ2) is 15.3. The highest BCUT2D eigenvalue weighted by Crippen LogP contribution is 2.34. The molecule has 12 heteroatoms. The highest BCUT2D eigenvalue weighted by molar-refractivity contribution is 7.92. The molecule has 0 unspecified atom stereocenters. The first-order chi connectivity index (χ1) is 20.5. The Balaban J connectivity index is 2.12. The minimum absolute atomic E-state index is 0.00186. The van der Waals surface area contributed by atoms with E-state index in [4.69, 9.17) is 32.7 Å². The quantitative estimate of drug-likeness (QED) is 0.235. The van der Waals surface area contributed by atoms with Gasteiger partial charge >= 0.3 is 0 Å². The van der Waals surface area contributed by atoms with Crippen LogP contribution in [-0.2, 0) is 26.2 Å². The summed E-state index contributed by atoms with van der Waals surface area (Å²) in [5.41, 5.74) is 1.69. The van der Waals surface area contributed by atoms with Gasteiger partial charge in [0.2, 0.25) is 11.8 Å². The van der Waals surface area contributed by atoms with Gasteiger partial charge in [0, 0.05) is 19.2 Å². The molecule has 43 heavy (non-hydrogen) atoms. The summed E-state index contributed by atoms with van der Waals surface area (Å²) in [7, 11) is -1.34. The van der Waals surface area contributed by atoms with Crippen LogP contribution in [0.1, 0.15) is 37.8 Å². The van der Waals surface area contributed by atoms with Crippen molar-refractivity contribution >= 4 is 50.7 Å². The summed E-state index contributed by atoms with van der Waals surface area (Å²) < 4.78 is 39.9. The number of anilines is 1. The van der Waals surface area contributed by atoms with Gasteiger partial charge in [0.25, 0.3) is 10.0 Å². The molecule has 0 aromatic heterocycles. The van der Waals surface area contributed by atoms with Gasteiger partial charge in [-0.2, -0.15) is 0 Å². The first-order valence-corrected chi connectivity index (χ1v) is 16.0. The van der Waals surface area contributed by atoms with E-state index in [0.717, 1.165) is 9.87 Å². The zero-order chi connectivity index (χ0) is 31.7. The topological polar surface area (TPSA) is 105 Å². The van der Waals surface area contributed by atoms with Gasteiger partial charge in [0.1, 0.15) is 12.6 Å². The number of nitrogens with zero attached hydrogens (tertiary/aromatic N) is 2. The molecule has 3 aromatic carbocycles. The van der Waals surface area contributed by atoms with E-state index in [2.05, 4.69) is 5.32 Å². The standard InChI is InChI=1S/C31H37Cl2N3O6S/c1-6-16-34-31(38)27(7-2)35(19-22-10-14-25(32)26(33)17-22)30(37)20-36(23-11-15-28(41-4)29(18-23)42-5)43(39,40)24-12-8-21(3)9-13-24/h8-15,17-18,27H,6-7,16,19-20H2,1-5H3,(H,34,38)/t27-/m0/s1. The third-order valence-electron chi connectivity index (χ3n) is 6.82. The van der Waals surface area contributed by atoms with E-state index >= 15 is 0 Å². The molecule has 0 heterocycles. The monoisotopic (exact) mass is 649 g/mol. The zero-order valence-electron chi connectivity index (χ0n) is 24.9. The molecule has 3 aromatic rings. The Hall–Kier alpha value is -3.47. The Morgan fingerprint density at radius 3 is 2.16 bits per heavy atom. The van der Waals surface area contributed by atoms with Gasteiger partial charge in [-0.1, -0.05) is 60.8 Å². The SMILES string of the molecule is CCCNC(=O)[C@H](CC)N(Cc1ccc(Cl)c(Cl)c1)C(=O)CN(c1ccc(OC)c(OC)c1)S(=O)(=O)c1ccc(C)cc1. The fourth-order valence-corrected chi connectivity index (χ4v) is 6.19. The van der Waals surface area contributed by atoms with Crippen molar-refractivity contribution in [3.05, 3.63) is 81.8 Å². The Morgan fingerprint density at radius 1 is 0.907 bits per heavy atom. The molecule has 3 rings (SSSR count). The number of carbonyl (C=O) groups is 2. The summed E-state index contributed by atoms with van der Waals surface area (Å²) in [6.07, 6.45) is 1.01. The zero-order valence-corrected chi connectivity index (χ0v) is 27.2. The first kappa shape index (κ1) is 34.0. The summed E-state index contributed by atoms with van der Waals surface area (Å²) in [4.78, 5) is 28.8. The average Bonchev–Trinajstić information content (AvgIpc) is 3.00. The Kier molecular flexibility index (Phi) is 12.1. The molecule has 0 aliphatic rings. The Morgan fingerprint density at radius 2 is 1.58 bits per heavy atom. The molecule has 0 saturated carbocycles. The molecular weight excluding hydrogens is 613 g/mol. The second-order valence-electron chi connectivity index (χ2n) is 9.85. The molecule has 0 bridgehead atoms. The number of amides is 2. The summed E-state index contributed by atoms with van der Waals surface area (Å²) in [5.74, 6) is -0.244. The van der Waals surface area contributed by atoms with Crippen molar-refractivity contribution in [3.8, 4) is 11.5 Å². The number of rotatable bonds is 14. The van der Waals surface area contributed by atoms with E-state index < -0.39 is 28.5 Å². The summed E-state index contributed by atoms with van der Waals surface area (Å²) >= 11 is 12.4. The molecule has 0 radical (unpaired) electrons. The van der Waals surface area contributed by atoms with E-state index in [1.807, 2.05) is 13.8 Å². The largest absolute Gasteiger partial charge is 0.493 e. The molecule has 1 atom stereocenters. The first-order valence-electron chi connectivity index (χ1n) is 13.8. The van der Waals surface area contributed by atoms with Crippen LogP contribution in [0, 0.1) is 6.92 Å². The summed E-state index contributed by atoms with van der Waals surface area (Å²) in [6.45, 7) is 5.41. The lowest BCUT2D eigenvalue weighted by Crippen LogP contribution is -2.52. The van der Waals surface area contributed by atoms with Crippen LogP contribution in [0.3, 0.4) is 0 Å². The molecule has 0 aliphatic heterocycles. The van der Waals surface area contributed by atoms with Crippen molar-refractivity contribution in [2.45, 2.75) is 51.1 Å². The molecule has 2 amide bonds. The highest BCUT2D eigenvalue weighted by Gasteiger charge is 2.34. The van der Waals surface area contributed by atoms with Crippen molar-refractivity contribution in [2.75, 3.05) is 31.6 Å². The lowest BCUT2D eigenvalue weighted by atomic mass is 10.1. The summed E-state index contributed by atoms with van der Waals surface area (Å²) in [5, 5.41) is 3.50. The number of aryl methyl sites for hydroxylation is 1. The minimum atomic E-state index is -4.25. The van der Waals surface area contributed by atoms with E-state index in [9.17, 15) is 18.0 Å². The fourth-order valence-electron chi connectivity index (χ4n) is 4.47. The number of hydrogen-bond donors (Lipinski definition) is 1. The molecule has 0 aliphatic carbocycles. The Bertz CT molecular complexity index is 1530. The smallest absolute Gasteiger partial charge is 0.264 e. The van der Waals surface area contributed by atoms with E-state index in [0.29, 0.717) is 40.7 Å². The van der Waals surface area contributed by atoms with Crippen molar-refractivity contribution in [2.24, 2.45) is 0 Å². The van der Waals surface area contributed by atoms with Gasteiger partial charge in [-0.25, -0.2) is 8.42 Å². The summed E-state index contributed by atoms with van der Waals surface area (Å²) in [6, 6.07) is 15.0. The fraction of sp³-hybridized carbons (Fsp3) is 0.355. The second-order valence-corrected chi connectivity index (χ2v) is 12.5. The van der Waals surface area contributed by atoms with E-state index in [-0.39, 0.29) is 28.8 Å². The maximum absolute atomic E-state index is 14.2. The van der Waals surface area contributed by atoms with E-state index in [1.165, 1.54) is 43.4 Å². The van der Waals surface area contributed by atoms with Crippen LogP contribution in [0.4, 0.5) is 5.69 Å². The van der Waals surface area contributed by atoms with Gasteiger partial charge in [-0.3, -0.25) is 13.9 Å². The van der Waals surface area contributed by atoms with Gasteiger partial charge < -0.3 is 19.7 Å². The predicted molar refractivity (Wildman–Crippen MR) is 170 cm³/mol. The number of methoxy groups -OCH3 is 2. The maximum atomic E-state index is 14.2. The number of ether oxygens (including phenoxy) is 2. The third-order valence-corrected chi connectivity index (χ3v) is 9.34. The third kappa shape index (κ3) is 8.34. The molecule has 0 spiro atoms. The molecule has 0 saturated heterocycles. The van der Waals surface area contributed by atoms with Crippen LogP contribution in [0.5, 0.6) is 11.5 Å². The number of carbonyl (C=O) groups excluding carboxylic acids is 2. The number of nitrogens with one attached hydrogen (secondary N) is 1. The van der Waals surface area contributed by atoms with Crippen molar-refractivity contribution in [3.63, 3.8) is 0 Å². The number of benzene rings is 3. The minimum Gasteiger partial charge on any atom is -0.493 e. The van der Waals surface area contributed by atoms with Crippen molar-refractivity contribution in [1.82, 2.24) is 10.2 Å². The normalized spacial score (nSPS) is 11.9. The predicted octanol–water partition coefficient (Wildman–Crippen LogP) is 5.85. The van der Waals surface area contributed by atoms with Gasteiger partial charge in [-0.05, 0) is 61.7 Å². The molecule has 0 fully saturated rings.